The number of halogens is 1. The number of hydrogen-bond acceptors (Lipinski definition) is 3. The molecule has 15 heavy (non-hydrogen) atoms. The second-order valence-corrected chi connectivity index (χ2v) is 2.97. The first kappa shape index (κ1) is 11.2. The highest BCUT2D eigenvalue weighted by Crippen LogP contribution is 2.22. The molecular weight excluding hydrogens is 195 g/mol. The quantitative estimate of drug-likeness (QED) is 0.583. The van der Waals surface area contributed by atoms with E-state index in [1.54, 1.807) is 20.2 Å². The highest BCUT2D eigenvalue weighted by molar-refractivity contribution is 5.74. The molecule has 4 nitrogen and oxygen atoms in total. The Bertz CT molecular complexity index is 378. The lowest BCUT2D eigenvalue weighted by molar-refractivity contribution is 0.618. The van der Waals surface area contributed by atoms with E-state index in [-0.39, 0.29) is 0 Å². The molecule has 80 valence electrons. The van der Waals surface area contributed by atoms with Crippen LogP contribution in [0.4, 0.5) is 10.1 Å². The van der Waals surface area contributed by atoms with Crippen molar-refractivity contribution < 1.29 is 4.39 Å². The van der Waals surface area contributed by atoms with Crippen molar-refractivity contribution in [3.63, 3.8) is 0 Å². The Hall–Kier alpha value is -1.91. The predicted octanol–water partition coefficient (Wildman–Crippen LogP) is 1.41. The summed E-state index contributed by atoms with van der Waals surface area (Å²) in [5, 5.41) is 2.79. The molecule has 0 radical (unpaired) electrons. The van der Waals surface area contributed by atoms with Gasteiger partial charge in [-0.25, -0.2) is 4.39 Å². The maximum Gasteiger partial charge on any atom is 0.151 e. The van der Waals surface area contributed by atoms with E-state index in [0.29, 0.717) is 16.8 Å². The minimum absolute atomic E-state index is 0.319. The van der Waals surface area contributed by atoms with Crippen LogP contribution >= 0.6 is 0 Å². The SMILES string of the molecule is CN=CN/C=C(\C)c1c(N)cncc1F. The Balaban J connectivity index is 3.00. The zero-order valence-corrected chi connectivity index (χ0v) is 8.66. The Morgan fingerprint density at radius 3 is 2.93 bits per heavy atom. The number of aromatic nitrogens is 1. The number of pyridine rings is 1. The lowest BCUT2D eigenvalue weighted by Gasteiger charge is -2.06. The van der Waals surface area contributed by atoms with Crippen molar-refractivity contribution in [2.75, 3.05) is 12.8 Å². The fourth-order valence-electron chi connectivity index (χ4n) is 1.17. The normalized spacial score (nSPS) is 12.1. The molecule has 0 amide bonds. The van der Waals surface area contributed by atoms with Gasteiger partial charge in [-0.05, 0) is 12.5 Å². The Morgan fingerprint density at radius 1 is 1.60 bits per heavy atom. The van der Waals surface area contributed by atoms with Crippen LogP contribution in [0.15, 0.2) is 23.6 Å². The molecule has 1 aromatic heterocycles. The molecule has 0 spiro atoms. The van der Waals surface area contributed by atoms with Crippen molar-refractivity contribution in [1.82, 2.24) is 10.3 Å². The van der Waals surface area contributed by atoms with Gasteiger partial charge in [-0.1, -0.05) is 0 Å². The van der Waals surface area contributed by atoms with Crippen LogP contribution in [0.5, 0.6) is 0 Å². The largest absolute Gasteiger partial charge is 0.397 e. The molecule has 0 bridgehead atoms. The summed E-state index contributed by atoms with van der Waals surface area (Å²) < 4.78 is 13.4. The summed E-state index contributed by atoms with van der Waals surface area (Å²) >= 11 is 0. The van der Waals surface area contributed by atoms with Crippen LogP contribution in [0.1, 0.15) is 12.5 Å². The third-order valence-electron chi connectivity index (χ3n) is 1.83. The van der Waals surface area contributed by atoms with E-state index < -0.39 is 5.82 Å². The zero-order valence-electron chi connectivity index (χ0n) is 8.66. The third kappa shape index (κ3) is 2.77. The van der Waals surface area contributed by atoms with Crippen molar-refractivity contribution in [2.45, 2.75) is 6.92 Å². The van der Waals surface area contributed by atoms with Gasteiger partial charge in [-0.15, -0.1) is 0 Å². The molecule has 0 unspecified atom stereocenters. The Kier molecular flexibility index (Phi) is 3.79. The highest BCUT2D eigenvalue weighted by atomic mass is 19.1. The first-order valence-electron chi connectivity index (χ1n) is 4.39. The number of allylic oxidation sites excluding steroid dienone is 1. The van der Waals surface area contributed by atoms with Gasteiger partial charge in [0, 0.05) is 18.8 Å². The number of aliphatic imine (C=N–C) groups is 1. The van der Waals surface area contributed by atoms with Crippen LogP contribution in [0.3, 0.4) is 0 Å². The van der Waals surface area contributed by atoms with Crippen molar-refractivity contribution in [3.8, 4) is 0 Å². The Labute approximate surface area is 87.7 Å². The van der Waals surface area contributed by atoms with Gasteiger partial charge in [0.25, 0.3) is 0 Å². The van der Waals surface area contributed by atoms with Crippen LogP contribution < -0.4 is 11.1 Å². The number of hydrogen-bond donors (Lipinski definition) is 2. The number of nitrogens with zero attached hydrogens (tertiary/aromatic N) is 2. The van der Waals surface area contributed by atoms with Gasteiger partial charge >= 0.3 is 0 Å². The molecule has 1 rings (SSSR count). The third-order valence-corrected chi connectivity index (χ3v) is 1.83. The van der Waals surface area contributed by atoms with Gasteiger partial charge in [0.15, 0.2) is 5.82 Å². The maximum atomic E-state index is 13.4. The smallest absolute Gasteiger partial charge is 0.151 e. The van der Waals surface area contributed by atoms with E-state index in [2.05, 4.69) is 15.3 Å². The van der Waals surface area contributed by atoms with E-state index in [1.165, 1.54) is 12.5 Å². The zero-order chi connectivity index (χ0) is 11.3. The predicted molar refractivity (Wildman–Crippen MR) is 59.8 cm³/mol. The molecule has 0 aromatic carbocycles. The van der Waals surface area contributed by atoms with E-state index >= 15 is 0 Å². The first-order chi connectivity index (χ1) is 7.16. The van der Waals surface area contributed by atoms with Gasteiger partial charge in [-0.3, -0.25) is 9.98 Å². The van der Waals surface area contributed by atoms with Crippen molar-refractivity contribution in [1.29, 1.82) is 0 Å². The summed E-state index contributed by atoms with van der Waals surface area (Å²) in [7, 11) is 1.64. The molecule has 0 fully saturated rings. The van der Waals surface area contributed by atoms with Crippen molar-refractivity contribution >= 4 is 17.6 Å². The summed E-state index contributed by atoms with van der Waals surface area (Å²) in [4.78, 5) is 7.38. The summed E-state index contributed by atoms with van der Waals surface area (Å²) in [6.07, 6.45) is 5.68. The molecule has 0 aliphatic heterocycles. The number of nitrogens with one attached hydrogen (secondary N) is 1. The van der Waals surface area contributed by atoms with E-state index in [4.69, 9.17) is 5.73 Å². The van der Waals surface area contributed by atoms with Crippen LogP contribution in [-0.2, 0) is 0 Å². The van der Waals surface area contributed by atoms with Crippen molar-refractivity contribution in [2.24, 2.45) is 4.99 Å². The van der Waals surface area contributed by atoms with Gasteiger partial charge < -0.3 is 11.1 Å². The molecule has 0 aliphatic carbocycles. The maximum absolute atomic E-state index is 13.4. The molecule has 0 saturated carbocycles. The molecule has 3 N–H and O–H groups in total. The van der Waals surface area contributed by atoms with Crippen LogP contribution in [-0.4, -0.2) is 18.4 Å². The van der Waals surface area contributed by atoms with E-state index in [0.717, 1.165) is 6.20 Å². The highest BCUT2D eigenvalue weighted by Gasteiger charge is 2.07. The molecule has 1 heterocycles. The van der Waals surface area contributed by atoms with E-state index in [9.17, 15) is 4.39 Å². The summed E-state index contributed by atoms with van der Waals surface area (Å²) in [6.45, 7) is 1.76. The number of nitrogen functional groups attached to an aromatic ring is 1. The van der Waals surface area contributed by atoms with Crippen LogP contribution in [0, 0.1) is 5.82 Å². The minimum Gasteiger partial charge on any atom is -0.397 e. The second-order valence-electron chi connectivity index (χ2n) is 2.97. The lowest BCUT2D eigenvalue weighted by Crippen LogP contribution is -2.03. The van der Waals surface area contributed by atoms with E-state index in [1.807, 2.05) is 0 Å². The summed E-state index contributed by atoms with van der Waals surface area (Å²) in [6, 6.07) is 0. The number of anilines is 1. The second kappa shape index (κ2) is 5.09. The number of rotatable bonds is 3. The molecule has 1 aromatic rings. The summed E-state index contributed by atoms with van der Waals surface area (Å²) in [5.41, 5.74) is 6.99. The lowest BCUT2D eigenvalue weighted by atomic mass is 10.1. The van der Waals surface area contributed by atoms with Crippen LogP contribution in [0.25, 0.3) is 5.57 Å². The molecule has 0 saturated heterocycles. The first-order valence-corrected chi connectivity index (χ1v) is 4.39. The summed E-state index contributed by atoms with van der Waals surface area (Å²) in [5.74, 6) is -0.431. The fraction of sp³-hybridized carbons (Fsp3) is 0.200. The van der Waals surface area contributed by atoms with Gasteiger partial charge in [0.05, 0.1) is 24.4 Å². The minimum atomic E-state index is -0.431. The topological polar surface area (TPSA) is 63.3 Å². The molecule has 0 aliphatic rings. The Morgan fingerprint density at radius 2 is 2.33 bits per heavy atom. The number of nitrogens with two attached hydrogens (primary N) is 1. The molecule has 0 atom stereocenters. The fourth-order valence-corrected chi connectivity index (χ4v) is 1.17. The van der Waals surface area contributed by atoms with Gasteiger partial charge in [0.2, 0.25) is 0 Å². The van der Waals surface area contributed by atoms with Crippen LogP contribution in [0.2, 0.25) is 0 Å². The van der Waals surface area contributed by atoms with Gasteiger partial charge in [-0.2, -0.15) is 0 Å². The van der Waals surface area contributed by atoms with Crippen molar-refractivity contribution in [3.05, 3.63) is 30.0 Å². The molecular formula is C10H13FN4. The average molecular weight is 208 g/mol. The standard InChI is InChI=1S/C10H13FN4/c1-7(3-15-6-13-2)10-8(11)4-14-5-9(10)12/h3-6H,12H2,1-2H3,(H,13,15)/b7-3+. The average Bonchev–Trinajstić information content (AvgIpc) is 2.18. The monoisotopic (exact) mass is 208 g/mol. The van der Waals surface area contributed by atoms with Gasteiger partial charge in [0.1, 0.15) is 0 Å². The molecule has 5 heteroatoms.